The molecule has 0 aliphatic heterocycles. The van der Waals surface area contributed by atoms with E-state index in [1.165, 1.54) is 70.6 Å². The van der Waals surface area contributed by atoms with Gasteiger partial charge in [0.2, 0.25) is 0 Å². The van der Waals surface area contributed by atoms with Gasteiger partial charge in [-0.2, -0.15) is 0 Å². The number of ether oxygens (including phenoxy) is 2. The summed E-state index contributed by atoms with van der Waals surface area (Å²) in [5.41, 5.74) is 0. The Morgan fingerprint density at radius 3 is 1.82 bits per heavy atom. The maximum Gasteiger partial charge on any atom is 0.472 e. The molecule has 0 aromatic carbocycles. The number of ketones is 1. The lowest BCUT2D eigenvalue weighted by atomic mass is 9.88. The molecule has 352 valence electrons. The molecule has 0 aromatic heterocycles. The second-order valence-electron chi connectivity index (χ2n) is 17.4. The molecule has 1 fully saturated rings. The molecule has 1 saturated carbocycles. The van der Waals surface area contributed by atoms with E-state index < -0.39 is 64.0 Å². The molecule has 0 radical (unpaired) electrons. The number of hydrogen-bond acceptors (Lipinski definition) is 12. The molecule has 0 amide bonds. The number of phosphoric ester groups is 1. The normalized spacial score (nSPS) is 19.5. The Hall–Kier alpha value is -1.70. The number of aliphatic hydroxyl groups excluding tert-OH is 4. The number of rotatable bonds is 40. The van der Waals surface area contributed by atoms with Crippen molar-refractivity contribution in [3.63, 3.8) is 0 Å². The molecule has 0 aromatic rings. The maximum atomic E-state index is 12.8. The highest BCUT2D eigenvalue weighted by molar-refractivity contribution is 7.47. The van der Waals surface area contributed by atoms with Crippen LogP contribution in [0.5, 0.6) is 0 Å². The van der Waals surface area contributed by atoms with Gasteiger partial charge in [-0.1, -0.05) is 161 Å². The van der Waals surface area contributed by atoms with Crippen LogP contribution in [-0.4, -0.2) is 93.9 Å². The lowest BCUT2D eigenvalue weighted by Gasteiger charge is -2.20. The zero-order valence-electron chi connectivity index (χ0n) is 37.6. The summed E-state index contributed by atoms with van der Waals surface area (Å²) in [6.45, 7) is 4.36. The maximum absolute atomic E-state index is 12.8. The molecule has 0 saturated heterocycles. The lowest BCUT2D eigenvalue weighted by Crippen LogP contribution is -2.29. The fraction of sp³-hybridized carbons (Fsp3) is 0.891. The molecular weight excluding hydrogens is 791 g/mol. The molecule has 1 aliphatic rings. The number of Topliss-reactive ketones (excluding diaryl/α,β-unsaturated/α-hetero) is 1. The number of unbranched alkanes of at least 4 members (excludes halogenated alkanes) is 18. The topological polar surface area (TPSA) is 206 Å². The van der Waals surface area contributed by atoms with Gasteiger partial charge in [0, 0.05) is 31.1 Å². The van der Waals surface area contributed by atoms with Crippen molar-refractivity contribution in [2.24, 2.45) is 17.8 Å². The van der Waals surface area contributed by atoms with E-state index in [0.717, 1.165) is 57.3 Å². The van der Waals surface area contributed by atoms with Crippen molar-refractivity contribution < 1.29 is 62.8 Å². The van der Waals surface area contributed by atoms with Gasteiger partial charge in [0.15, 0.2) is 6.10 Å². The Bertz CT molecular complexity index is 1180. The Morgan fingerprint density at radius 2 is 1.25 bits per heavy atom. The SMILES string of the molecule is CCCCC[C@H](O)/C=C/[C@H]1[C@H](O)CC(=O)[C@@H]1CCCCCCC(=O)O[C@H](COC(=O)CCCCCCCCCCCCCCCCC(C)C)COP(=O)(O)OC[C@@H](O)CO. The minimum atomic E-state index is -4.68. The van der Waals surface area contributed by atoms with Crippen molar-refractivity contribution in [2.45, 2.75) is 219 Å². The van der Waals surface area contributed by atoms with E-state index in [-0.39, 0.29) is 43.5 Å². The first-order valence-corrected chi connectivity index (χ1v) is 25.1. The molecule has 7 atom stereocenters. The van der Waals surface area contributed by atoms with E-state index in [1.807, 2.05) is 0 Å². The molecule has 60 heavy (non-hydrogen) atoms. The molecule has 0 heterocycles. The monoisotopic (exact) mass is 877 g/mol. The number of aliphatic hydroxyl groups is 4. The largest absolute Gasteiger partial charge is 0.472 e. The Morgan fingerprint density at radius 1 is 0.733 bits per heavy atom. The van der Waals surface area contributed by atoms with Crippen LogP contribution in [0.4, 0.5) is 0 Å². The van der Waals surface area contributed by atoms with Crippen molar-refractivity contribution in [1.82, 2.24) is 0 Å². The Balaban J connectivity index is 2.39. The van der Waals surface area contributed by atoms with E-state index in [1.54, 1.807) is 12.2 Å². The van der Waals surface area contributed by atoms with Gasteiger partial charge in [0.05, 0.1) is 32.0 Å². The second kappa shape index (κ2) is 35.7. The number of esters is 2. The molecule has 1 unspecified atom stereocenters. The molecule has 5 N–H and O–H groups in total. The van der Waals surface area contributed by atoms with Crippen molar-refractivity contribution in [3.05, 3.63) is 12.2 Å². The van der Waals surface area contributed by atoms with Crippen molar-refractivity contribution in [3.8, 4) is 0 Å². The molecule has 14 heteroatoms. The van der Waals surface area contributed by atoms with Gasteiger partial charge < -0.3 is 34.8 Å². The van der Waals surface area contributed by atoms with E-state index in [4.69, 9.17) is 19.1 Å². The summed E-state index contributed by atoms with van der Waals surface area (Å²) >= 11 is 0. The smallest absolute Gasteiger partial charge is 0.462 e. The zero-order chi connectivity index (χ0) is 44.4. The number of carbonyl (C=O) groups is 3. The minimum absolute atomic E-state index is 0.0254. The van der Waals surface area contributed by atoms with Crippen LogP contribution in [0.15, 0.2) is 12.2 Å². The summed E-state index contributed by atoms with van der Waals surface area (Å²) in [6.07, 6.45) is 25.1. The predicted molar refractivity (Wildman–Crippen MR) is 234 cm³/mol. The van der Waals surface area contributed by atoms with Crippen LogP contribution in [0.1, 0.15) is 194 Å². The summed E-state index contributed by atoms with van der Waals surface area (Å²) in [5.74, 6) is -0.866. The first-order chi connectivity index (χ1) is 28.8. The number of phosphoric acid groups is 1. The molecule has 13 nitrogen and oxygen atoms in total. The average molecular weight is 877 g/mol. The third-order valence-electron chi connectivity index (χ3n) is 11.2. The Kier molecular flexibility index (Phi) is 33.5. The highest BCUT2D eigenvalue weighted by Gasteiger charge is 2.39. The summed E-state index contributed by atoms with van der Waals surface area (Å²) in [4.78, 5) is 47.9. The van der Waals surface area contributed by atoms with Gasteiger partial charge in [0.1, 0.15) is 18.5 Å². The van der Waals surface area contributed by atoms with Crippen LogP contribution in [0.2, 0.25) is 0 Å². The lowest BCUT2D eigenvalue weighted by molar-refractivity contribution is -0.161. The summed E-state index contributed by atoms with van der Waals surface area (Å²) in [5, 5.41) is 39.1. The van der Waals surface area contributed by atoms with E-state index >= 15 is 0 Å². The predicted octanol–water partition coefficient (Wildman–Crippen LogP) is 9.23. The van der Waals surface area contributed by atoms with E-state index in [9.17, 15) is 39.2 Å². The molecule has 0 spiro atoms. The van der Waals surface area contributed by atoms with E-state index in [2.05, 4.69) is 25.3 Å². The number of hydrogen-bond donors (Lipinski definition) is 5. The van der Waals surface area contributed by atoms with Crippen LogP contribution >= 0.6 is 7.82 Å². The van der Waals surface area contributed by atoms with Gasteiger partial charge in [-0.15, -0.1) is 0 Å². The van der Waals surface area contributed by atoms with Crippen LogP contribution in [-0.2, 0) is 37.5 Å². The van der Waals surface area contributed by atoms with Crippen molar-refractivity contribution >= 4 is 25.5 Å². The van der Waals surface area contributed by atoms with Crippen LogP contribution < -0.4 is 0 Å². The quantitative estimate of drug-likeness (QED) is 0.0169. The van der Waals surface area contributed by atoms with Crippen LogP contribution in [0.25, 0.3) is 0 Å². The fourth-order valence-corrected chi connectivity index (χ4v) is 8.34. The fourth-order valence-electron chi connectivity index (χ4n) is 7.55. The van der Waals surface area contributed by atoms with Crippen molar-refractivity contribution in [2.75, 3.05) is 26.4 Å². The summed E-state index contributed by atoms with van der Waals surface area (Å²) in [6, 6.07) is 0. The van der Waals surface area contributed by atoms with Gasteiger partial charge in [-0.05, 0) is 31.6 Å². The van der Waals surface area contributed by atoms with Gasteiger partial charge >= 0.3 is 19.8 Å². The third-order valence-corrected chi connectivity index (χ3v) is 12.2. The first-order valence-electron chi connectivity index (χ1n) is 23.6. The van der Waals surface area contributed by atoms with E-state index in [0.29, 0.717) is 32.1 Å². The molecule has 0 bridgehead atoms. The highest BCUT2D eigenvalue weighted by atomic mass is 31.2. The number of carbonyl (C=O) groups excluding carboxylic acids is 3. The van der Waals surface area contributed by atoms with Gasteiger partial charge in [0.25, 0.3) is 0 Å². The van der Waals surface area contributed by atoms with Gasteiger partial charge in [-0.25, -0.2) is 4.57 Å². The molecular formula is C46H85O13P. The standard InChI is InChI=1S/C46H85O13P/c1-4-5-20-26-38(48)30-31-42-41(43(50)32-44(42)51)27-22-18-19-24-29-46(53)59-40(36-58-60(54,55)57-34-39(49)33-47)35-56-45(52)28-23-17-15-13-11-9-7-6-8-10-12-14-16-21-25-37(2)3/h30-31,37-42,44,47-49,51H,4-29,32-36H2,1-3H3,(H,54,55)/b31-30+/t38-,39-,40+,41+,42+,44+/m0/s1. The van der Waals surface area contributed by atoms with Crippen molar-refractivity contribution in [1.29, 1.82) is 0 Å². The molecule has 1 aliphatic carbocycles. The summed E-state index contributed by atoms with van der Waals surface area (Å²) in [7, 11) is -4.68. The highest BCUT2D eigenvalue weighted by Crippen LogP contribution is 2.43. The van der Waals surface area contributed by atoms with Gasteiger partial charge in [-0.3, -0.25) is 23.4 Å². The summed E-state index contributed by atoms with van der Waals surface area (Å²) < 4.78 is 32.8. The second-order valence-corrected chi connectivity index (χ2v) is 18.8. The molecule has 1 rings (SSSR count). The van der Waals surface area contributed by atoms with Crippen LogP contribution in [0, 0.1) is 17.8 Å². The first kappa shape index (κ1) is 56.3. The average Bonchev–Trinajstić information content (AvgIpc) is 3.48. The minimum Gasteiger partial charge on any atom is -0.462 e. The van der Waals surface area contributed by atoms with Crippen LogP contribution in [0.3, 0.4) is 0 Å². The zero-order valence-corrected chi connectivity index (χ0v) is 38.5. The third kappa shape index (κ3) is 30.4. The Labute approximate surface area is 362 Å².